The van der Waals surface area contributed by atoms with E-state index >= 15 is 0 Å². The highest BCUT2D eigenvalue weighted by Gasteiger charge is 2.24. The smallest absolute Gasteiger partial charge is 0.263 e. The van der Waals surface area contributed by atoms with Gasteiger partial charge in [-0.2, -0.15) is 0 Å². The van der Waals surface area contributed by atoms with Crippen molar-refractivity contribution < 1.29 is 8.78 Å². The summed E-state index contributed by atoms with van der Waals surface area (Å²) >= 11 is 0. The molecule has 0 heterocycles. The summed E-state index contributed by atoms with van der Waals surface area (Å²) in [4.78, 5) is 0. The summed E-state index contributed by atoms with van der Waals surface area (Å²) in [6, 6.07) is 15.1. The van der Waals surface area contributed by atoms with Crippen molar-refractivity contribution in [3.05, 3.63) is 70.8 Å². The van der Waals surface area contributed by atoms with Gasteiger partial charge < -0.3 is 5.32 Å². The zero-order valence-corrected chi connectivity index (χ0v) is 11.2. The Labute approximate surface area is 117 Å². The molecule has 0 amide bonds. The van der Waals surface area contributed by atoms with Crippen molar-refractivity contribution in [3.63, 3.8) is 0 Å². The second-order valence-electron chi connectivity index (χ2n) is 5.28. The van der Waals surface area contributed by atoms with Gasteiger partial charge in [0.25, 0.3) is 6.43 Å². The molecule has 2 aromatic carbocycles. The Morgan fingerprint density at radius 2 is 1.95 bits per heavy atom. The molecule has 1 aliphatic rings. The fraction of sp³-hybridized carbons (Fsp3) is 0.294. The van der Waals surface area contributed by atoms with E-state index in [-0.39, 0.29) is 5.56 Å². The van der Waals surface area contributed by atoms with Crippen LogP contribution in [0.15, 0.2) is 48.5 Å². The molecule has 0 aliphatic heterocycles. The summed E-state index contributed by atoms with van der Waals surface area (Å²) in [6.45, 7) is 1.54. The van der Waals surface area contributed by atoms with Crippen LogP contribution in [-0.4, -0.2) is 6.54 Å². The van der Waals surface area contributed by atoms with E-state index in [9.17, 15) is 8.78 Å². The minimum Gasteiger partial charge on any atom is -0.312 e. The highest BCUT2D eigenvalue weighted by atomic mass is 19.3. The Morgan fingerprint density at radius 1 is 1.10 bits per heavy atom. The van der Waals surface area contributed by atoms with Crippen LogP contribution < -0.4 is 5.32 Å². The first-order valence-electron chi connectivity index (χ1n) is 6.89. The van der Waals surface area contributed by atoms with Crippen LogP contribution in [0.3, 0.4) is 0 Å². The zero-order valence-electron chi connectivity index (χ0n) is 11.2. The Hall–Kier alpha value is -1.74. The highest BCUT2D eigenvalue weighted by Crippen LogP contribution is 2.34. The average molecular weight is 273 g/mol. The summed E-state index contributed by atoms with van der Waals surface area (Å²) in [5.41, 5.74) is 3.86. The molecule has 0 radical (unpaired) electrons. The lowest BCUT2D eigenvalue weighted by molar-refractivity contribution is 0.151. The third-order valence-electron chi connectivity index (χ3n) is 3.88. The largest absolute Gasteiger partial charge is 0.312 e. The maximum absolute atomic E-state index is 12.6. The number of rotatable bonds is 5. The summed E-state index contributed by atoms with van der Waals surface area (Å²) in [5, 5.41) is 3.37. The first-order chi connectivity index (χ1) is 9.74. The predicted octanol–water partition coefficient (Wildman–Crippen LogP) is 4.05. The molecule has 1 N–H and O–H groups in total. The van der Waals surface area contributed by atoms with Crippen molar-refractivity contribution in [2.24, 2.45) is 0 Å². The van der Waals surface area contributed by atoms with Gasteiger partial charge in [0.15, 0.2) is 0 Å². The number of alkyl halides is 2. The van der Waals surface area contributed by atoms with E-state index in [1.54, 1.807) is 12.1 Å². The topological polar surface area (TPSA) is 12.0 Å². The highest BCUT2D eigenvalue weighted by molar-refractivity contribution is 5.40. The van der Waals surface area contributed by atoms with Crippen LogP contribution >= 0.6 is 0 Å². The van der Waals surface area contributed by atoms with Crippen LogP contribution in [0.1, 0.15) is 34.6 Å². The Morgan fingerprint density at radius 3 is 2.75 bits per heavy atom. The molecule has 2 aromatic rings. The van der Waals surface area contributed by atoms with Crippen LogP contribution in [0.2, 0.25) is 0 Å². The Kier molecular flexibility index (Phi) is 3.79. The van der Waals surface area contributed by atoms with Crippen molar-refractivity contribution in [2.45, 2.75) is 25.3 Å². The van der Waals surface area contributed by atoms with Gasteiger partial charge in [0.1, 0.15) is 0 Å². The van der Waals surface area contributed by atoms with Gasteiger partial charge in [-0.05, 0) is 29.2 Å². The molecule has 0 saturated carbocycles. The molecular formula is C17H17F2N. The number of benzene rings is 2. The van der Waals surface area contributed by atoms with Crippen molar-refractivity contribution in [3.8, 4) is 0 Å². The van der Waals surface area contributed by atoms with Gasteiger partial charge in [-0.1, -0.05) is 42.5 Å². The fourth-order valence-electron chi connectivity index (χ4n) is 2.77. The van der Waals surface area contributed by atoms with E-state index in [1.165, 1.54) is 17.2 Å². The molecule has 0 aromatic heterocycles. The molecule has 0 spiro atoms. The summed E-state index contributed by atoms with van der Waals surface area (Å²) < 4.78 is 25.2. The molecular weight excluding hydrogens is 256 g/mol. The standard InChI is InChI=1S/C17H17F2N/c18-17(19)14-6-3-4-12(8-14)10-20-11-15-9-13-5-1-2-7-16(13)15/h1-8,15,17,20H,9-11H2. The van der Waals surface area contributed by atoms with E-state index in [0.29, 0.717) is 12.5 Å². The van der Waals surface area contributed by atoms with Crippen LogP contribution in [0.4, 0.5) is 8.78 Å². The summed E-state index contributed by atoms with van der Waals surface area (Å²) in [5.74, 6) is 0.560. The minimum atomic E-state index is -2.39. The number of hydrogen-bond donors (Lipinski definition) is 1. The Balaban J connectivity index is 1.53. The molecule has 3 rings (SSSR count). The van der Waals surface area contributed by atoms with E-state index in [0.717, 1.165) is 18.5 Å². The molecule has 1 atom stereocenters. The van der Waals surface area contributed by atoms with Crippen LogP contribution in [-0.2, 0) is 13.0 Å². The molecule has 3 heteroatoms. The van der Waals surface area contributed by atoms with Gasteiger partial charge in [-0.25, -0.2) is 8.78 Å². The normalized spacial score (nSPS) is 16.9. The fourth-order valence-corrected chi connectivity index (χ4v) is 2.77. The monoisotopic (exact) mass is 273 g/mol. The second-order valence-corrected chi connectivity index (χ2v) is 5.28. The lowest BCUT2D eigenvalue weighted by Crippen LogP contribution is -2.28. The van der Waals surface area contributed by atoms with Gasteiger partial charge in [0, 0.05) is 24.6 Å². The van der Waals surface area contributed by atoms with Gasteiger partial charge in [0.2, 0.25) is 0 Å². The van der Waals surface area contributed by atoms with Crippen LogP contribution in [0.25, 0.3) is 0 Å². The van der Waals surface area contributed by atoms with E-state index in [2.05, 4.69) is 29.6 Å². The van der Waals surface area contributed by atoms with Crippen LogP contribution in [0, 0.1) is 0 Å². The Bertz CT molecular complexity index is 595. The zero-order chi connectivity index (χ0) is 13.9. The molecule has 104 valence electrons. The summed E-state index contributed by atoms with van der Waals surface area (Å²) in [6.07, 6.45) is -1.28. The maximum Gasteiger partial charge on any atom is 0.263 e. The van der Waals surface area contributed by atoms with Gasteiger partial charge in [-0.3, -0.25) is 0 Å². The maximum atomic E-state index is 12.6. The molecule has 20 heavy (non-hydrogen) atoms. The average Bonchev–Trinajstić information content (AvgIpc) is 2.44. The number of halogens is 2. The first-order valence-corrected chi connectivity index (χ1v) is 6.89. The third kappa shape index (κ3) is 2.73. The van der Waals surface area contributed by atoms with Crippen LogP contribution in [0.5, 0.6) is 0 Å². The molecule has 1 unspecified atom stereocenters. The molecule has 0 saturated heterocycles. The molecule has 0 bridgehead atoms. The quantitative estimate of drug-likeness (QED) is 0.866. The lowest BCUT2D eigenvalue weighted by atomic mass is 9.77. The SMILES string of the molecule is FC(F)c1cccc(CNCC2Cc3ccccc32)c1. The van der Waals surface area contributed by atoms with Crippen molar-refractivity contribution in [1.29, 1.82) is 0 Å². The summed E-state index contributed by atoms with van der Waals surface area (Å²) in [7, 11) is 0. The third-order valence-corrected chi connectivity index (χ3v) is 3.88. The van der Waals surface area contributed by atoms with Crippen molar-refractivity contribution in [2.75, 3.05) is 6.54 Å². The number of hydrogen-bond acceptors (Lipinski definition) is 1. The van der Waals surface area contributed by atoms with E-state index in [1.807, 2.05) is 6.07 Å². The molecule has 1 nitrogen and oxygen atoms in total. The van der Waals surface area contributed by atoms with Gasteiger partial charge >= 0.3 is 0 Å². The lowest BCUT2D eigenvalue weighted by Gasteiger charge is -2.30. The predicted molar refractivity (Wildman–Crippen MR) is 76.0 cm³/mol. The first kappa shape index (κ1) is 13.3. The van der Waals surface area contributed by atoms with Crippen molar-refractivity contribution in [1.82, 2.24) is 5.32 Å². The second kappa shape index (κ2) is 5.71. The number of fused-ring (bicyclic) bond motifs is 1. The van der Waals surface area contributed by atoms with E-state index < -0.39 is 6.43 Å². The van der Waals surface area contributed by atoms with Crippen molar-refractivity contribution >= 4 is 0 Å². The van der Waals surface area contributed by atoms with E-state index in [4.69, 9.17) is 0 Å². The molecule has 1 aliphatic carbocycles. The number of nitrogens with one attached hydrogen (secondary N) is 1. The van der Waals surface area contributed by atoms with Gasteiger partial charge in [0.05, 0.1) is 0 Å². The van der Waals surface area contributed by atoms with Gasteiger partial charge in [-0.15, -0.1) is 0 Å². The molecule has 0 fully saturated rings. The minimum absolute atomic E-state index is 0.0956.